The number of hydrogen-bond acceptors (Lipinski definition) is 3. The molecule has 0 saturated heterocycles. The van der Waals surface area contributed by atoms with E-state index in [2.05, 4.69) is 32.6 Å². The minimum atomic E-state index is -1.75. The highest BCUT2D eigenvalue weighted by atomic mass is 28.4. The van der Waals surface area contributed by atoms with Crippen molar-refractivity contribution in [3.05, 3.63) is 11.6 Å². The summed E-state index contributed by atoms with van der Waals surface area (Å²) >= 11 is 0. The van der Waals surface area contributed by atoms with Gasteiger partial charge in [-0.05, 0) is 82.8 Å². The number of rotatable bonds is 7. The Morgan fingerprint density at radius 1 is 1.27 bits per heavy atom. The fourth-order valence-corrected chi connectivity index (χ4v) is 7.26. The van der Waals surface area contributed by atoms with E-state index in [4.69, 9.17) is 4.43 Å². The van der Waals surface area contributed by atoms with Crippen LogP contribution in [0.5, 0.6) is 0 Å². The zero-order valence-electron chi connectivity index (χ0n) is 17.5. The Kier molecular flexibility index (Phi) is 4.93. The first kappa shape index (κ1) is 20.0. The molecule has 0 aromatic rings. The Labute approximate surface area is 160 Å². The summed E-state index contributed by atoms with van der Waals surface area (Å²) in [6.45, 7) is 12.6. The molecule has 146 valence electrons. The smallest absolute Gasteiger partial charge is 0.185 e. The summed E-state index contributed by atoms with van der Waals surface area (Å²) in [6, 6.07) is 0. The number of fused-ring (bicyclic) bond motifs is 1. The minimum absolute atomic E-state index is 0.0548. The number of ketones is 2. The summed E-state index contributed by atoms with van der Waals surface area (Å²) in [5.74, 6) is 0.888. The van der Waals surface area contributed by atoms with E-state index in [1.807, 2.05) is 13.8 Å². The molecule has 0 aromatic carbocycles. The van der Waals surface area contributed by atoms with Gasteiger partial charge in [-0.3, -0.25) is 9.59 Å². The predicted octanol–water partition coefficient (Wildman–Crippen LogP) is 5.45. The van der Waals surface area contributed by atoms with Gasteiger partial charge in [0.2, 0.25) is 0 Å². The lowest BCUT2D eigenvalue weighted by Crippen LogP contribution is -2.44. The van der Waals surface area contributed by atoms with Gasteiger partial charge in [-0.25, -0.2) is 0 Å². The van der Waals surface area contributed by atoms with E-state index in [-0.39, 0.29) is 22.5 Å². The number of carbonyl (C=O) groups is 2. The topological polar surface area (TPSA) is 43.4 Å². The third kappa shape index (κ3) is 3.64. The van der Waals surface area contributed by atoms with E-state index in [1.54, 1.807) is 0 Å². The molecule has 3 aliphatic carbocycles. The van der Waals surface area contributed by atoms with E-state index in [9.17, 15) is 9.59 Å². The summed E-state index contributed by atoms with van der Waals surface area (Å²) in [4.78, 5) is 25.3. The maximum Gasteiger partial charge on any atom is 0.185 e. The van der Waals surface area contributed by atoms with Crippen LogP contribution >= 0.6 is 0 Å². The second-order valence-electron chi connectivity index (χ2n) is 10.6. The molecule has 3 nitrogen and oxygen atoms in total. The summed E-state index contributed by atoms with van der Waals surface area (Å²) < 4.78 is 6.15. The Bertz CT molecular complexity index is 636. The number of hydrogen-bond donors (Lipinski definition) is 0. The average molecular weight is 377 g/mol. The van der Waals surface area contributed by atoms with Crippen LogP contribution in [-0.2, 0) is 14.0 Å². The first-order valence-corrected chi connectivity index (χ1v) is 13.8. The van der Waals surface area contributed by atoms with Crippen molar-refractivity contribution >= 4 is 19.9 Å². The molecule has 0 aromatic heterocycles. The molecule has 2 atom stereocenters. The van der Waals surface area contributed by atoms with Gasteiger partial charge in [-0.2, -0.15) is 0 Å². The summed E-state index contributed by atoms with van der Waals surface area (Å²) in [5.41, 5.74) is 1.07. The van der Waals surface area contributed by atoms with Crippen molar-refractivity contribution < 1.29 is 14.0 Å². The molecule has 0 amide bonds. The van der Waals surface area contributed by atoms with Gasteiger partial charge in [0, 0.05) is 18.8 Å². The lowest BCUT2D eigenvalue weighted by atomic mass is 9.62. The molecule has 0 bridgehead atoms. The summed E-state index contributed by atoms with van der Waals surface area (Å²) in [6.07, 6.45) is 10.1. The van der Waals surface area contributed by atoms with Crippen LogP contribution in [0.3, 0.4) is 0 Å². The lowest BCUT2D eigenvalue weighted by molar-refractivity contribution is -0.133. The molecule has 26 heavy (non-hydrogen) atoms. The van der Waals surface area contributed by atoms with Crippen LogP contribution in [0.1, 0.15) is 72.1 Å². The van der Waals surface area contributed by atoms with Crippen LogP contribution in [0.4, 0.5) is 0 Å². The van der Waals surface area contributed by atoms with Gasteiger partial charge in [0.15, 0.2) is 14.1 Å². The van der Waals surface area contributed by atoms with Crippen molar-refractivity contribution in [2.45, 2.75) is 97.4 Å². The highest BCUT2D eigenvalue weighted by Crippen LogP contribution is 2.66. The van der Waals surface area contributed by atoms with Gasteiger partial charge in [0.05, 0.1) is 0 Å². The zero-order chi connectivity index (χ0) is 19.4. The van der Waals surface area contributed by atoms with Gasteiger partial charge < -0.3 is 4.43 Å². The molecule has 0 spiro atoms. The maximum atomic E-state index is 12.9. The third-order valence-corrected chi connectivity index (χ3v) is 8.06. The van der Waals surface area contributed by atoms with Crippen molar-refractivity contribution in [2.24, 2.45) is 16.7 Å². The lowest BCUT2D eigenvalue weighted by Gasteiger charge is -2.41. The molecule has 3 aliphatic rings. The predicted molar refractivity (Wildman–Crippen MR) is 108 cm³/mol. The van der Waals surface area contributed by atoms with E-state index >= 15 is 0 Å². The van der Waals surface area contributed by atoms with Crippen LogP contribution in [0.25, 0.3) is 0 Å². The van der Waals surface area contributed by atoms with Crippen LogP contribution in [-0.4, -0.2) is 25.5 Å². The summed E-state index contributed by atoms with van der Waals surface area (Å²) in [7, 11) is -1.75. The van der Waals surface area contributed by atoms with Crippen molar-refractivity contribution in [3.8, 4) is 0 Å². The maximum absolute atomic E-state index is 12.9. The third-order valence-electron chi connectivity index (χ3n) is 6.94. The molecule has 4 heteroatoms. The van der Waals surface area contributed by atoms with E-state index in [1.165, 1.54) is 18.4 Å². The summed E-state index contributed by atoms with van der Waals surface area (Å²) in [5, 5.41) is 0. The average Bonchev–Trinajstić information content (AvgIpc) is 3.17. The van der Waals surface area contributed by atoms with Crippen molar-refractivity contribution in [1.29, 1.82) is 0 Å². The fraction of sp³-hybridized carbons (Fsp3) is 0.818. The molecule has 2 saturated carbocycles. The largest absolute Gasteiger partial charge is 0.406 e. The molecule has 0 N–H and O–H groups in total. The highest BCUT2D eigenvalue weighted by molar-refractivity contribution is 6.70. The molecule has 0 heterocycles. The van der Waals surface area contributed by atoms with Crippen LogP contribution in [0.2, 0.25) is 19.6 Å². The van der Waals surface area contributed by atoms with Crippen molar-refractivity contribution in [1.82, 2.24) is 0 Å². The standard InChI is InChI=1S/C22H36O3Si/c1-20(2,25-26(4,5)6)19(24)11-13-22(14-15-22)18-10-9-16-17(23)8-7-12-21(16,18)3/h10,16H,7-9,11-15H2,1-6H3/t16-,21-/m0/s1. The van der Waals surface area contributed by atoms with Gasteiger partial charge in [0.1, 0.15) is 11.4 Å². The highest BCUT2D eigenvalue weighted by Gasteiger charge is 2.57. The van der Waals surface area contributed by atoms with Gasteiger partial charge in [-0.1, -0.05) is 18.6 Å². The van der Waals surface area contributed by atoms with Crippen LogP contribution < -0.4 is 0 Å². The Morgan fingerprint density at radius 3 is 2.50 bits per heavy atom. The number of allylic oxidation sites excluding steroid dienone is 2. The second kappa shape index (κ2) is 6.41. The molecular formula is C22H36O3Si. The monoisotopic (exact) mass is 376 g/mol. The first-order valence-electron chi connectivity index (χ1n) is 10.4. The Balaban J connectivity index is 1.67. The van der Waals surface area contributed by atoms with Crippen LogP contribution in [0, 0.1) is 16.7 Å². The first-order chi connectivity index (χ1) is 11.9. The van der Waals surface area contributed by atoms with Gasteiger partial charge >= 0.3 is 0 Å². The Morgan fingerprint density at radius 2 is 1.92 bits per heavy atom. The quantitative estimate of drug-likeness (QED) is 0.438. The van der Waals surface area contributed by atoms with Crippen molar-refractivity contribution in [3.63, 3.8) is 0 Å². The molecule has 0 radical (unpaired) electrons. The number of Topliss-reactive ketones (excluding diaryl/α,β-unsaturated/α-hetero) is 2. The van der Waals surface area contributed by atoms with E-state index in [0.29, 0.717) is 12.2 Å². The molecular weight excluding hydrogens is 340 g/mol. The normalized spacial score (nSPS) is 30.8. The minimum Gasteiger partial charge on any atom is -0.406 e. The number of carbonyl (C=O) groups excluding carboxylic acids is 2. The fourth-order valence-electron chi connectivity index (χ4n) is 5.62. The van der Waals surface area contributed by atoms with Crippen molar-refractivity contribution in [2.75, 3.05) is 0 Å². The molecule has 0 unspecified atom stereocenters. The van der Waals surface area contributed by atoms with E-state index in [0.717, 1.165) is 32.1 Å². The van der Waals surface area contributed by atoms with Gasteiger partial charge in [-0.15, -0.1) is 0 Å². The SMILES string of the molecule is CC(C)(O[Si](C)(C)C)C(=O)CCC1(C2=CC[C@H]3C(=O)CCC[C@]23C)CC1. The molecule has 3 rings (SSSR count). The van der Waals surface area contributed by atoms with Gasteiger partial charge in [0.25, 0.3) is 0 Å². The molecule has 0 aliphatic heterocycles. The second-order valence-corrected chi connectivity index (χ2v) is 15.0. The Hall–Kier alpha value is -0.743. The zero-order valence-corrected chi connectivity index (χ0v) is 18.5. The molecule has 2 fully saturated rings. The van der Waals surface area contributed by atoms with E-state index < -0.39 is 13.9 Å². The van der Waals surface area contributed by atoms with Crippen LogP contribution in [0.15, 0.2) is 11.6 Å².